The average Bonchev–Trinajstić information content (AvgIpc) is 1.37. The molecule has 0 aliphatic rings. The molecule has 0 aliphatic heterocycles. The molecule has 0 fully saturated rings. The van der Waals surface area contributed by atoms with Crippen molar-refractivity contribution in [1.29, 1.82) is 0 Å². The number of hydrogen-bond donors (Lipinski definition) is 0. The summed E-state index contributed by atoms with van der Waals surface area (Å²) in [6.45, 7) is 0. The second-order valence-electron chi connectivity index (χ2n) is 0.378. The zero-order valence-electron chi connectivity index (χ0n) is 2.47. The van der Waals surface area contributed by atoms with Crippen LogP contribution in [0.4, 0.5) is 0 Å². The van der Waals surface area contributed by atoms with Crippen molar-refractivity contribution in [3.05, 3.63) is 0 Å². The van der Waals surface area contributed by atoms with Crippen LogP contribution in [0.25, 0.3) is 0 Å². The molecule has 0 heterocycles. The van der Waals surface area contributed by atoms with Crippen LogP contribution < -0.4 is 0 Å². The SMILES string of the molecule is [Ag].[Cl][Hg][Hg][Cl]. The number of halogens is 2. The minimum absolute atomic E-state index is 0. The quantitative estimate of drug-likeness (QED) is 0.412. The van der Waals surface area contributed by atoms with Crippen molar-refractivity contribution in [3.8, 4) is 0 Å². The molecule has 0 nitrogen and oxygen atoms in total. The topological polar surface area (TPSA) is 0 Å². The van der Waals surface area contributed by atoms with Crippen LogP contribution in [0.2, 0.25) is 0 Å². The van der Waals surface area contributed by atoms with Crippen molar-refractivity contribution >= 4 is 16.5 Å². The molecule has 0 aromatic rings. The van der Waals surface area contributed by atoms with Gasteiger partial charge in [0, 0.05) is 22.4 Å². The molecule has 0 aromatic carbocycles. The summed E-state index contributed by atoms with van der Waals surface area (Å²) in [5.41, 5.74) is 0. The first-order chi connectivity index (χ1) is 1.91. The average molecular weight is 580 g/mol. The van der Waals surface area contributed by atoms with Gasteiger partial charge in [-0.25, -0.2) is 0 Å². The van der Waals surface area contributed by atoms with E-state index in [0.29, 0.717) is 0 Å². The van der Waals surface area contributed by atoms with Gasteiger partial charge < -0.3 is 0 Å². The summed E-state index contributed by atoms with van der Waals surface area (Å²) in [6.07, 6.45) is 0. The second-order valence-corrected chi connectivity index (χ2v) is 87.3. The van der Waals surface area contributed by atoms with E-state index in [0.717, 1.165) is 0 Å². The van der Waals surface area contributed by atoms with Crippen molar-refractivity contribution in [2.24, 2.45) is 0 Å². The van der Waals surface area contributed by atoms with Gasteiger partial charge in [0.2, 0.25) is 0 Å². The molecule has 0 saturated heterocycles. The van der Waals surface area contributed by atoms with Gasteiger partial charge >= 0.3 is 52.5 Å². The Balaban J connectivity index is 0. The van der Waals surface area contributed by atoms with E-state index < -0.39 is 36.0 Å². The predicted molar refractivity (Wildman–Crippen MR) is 11.7 cm³/mol. The van der Waals surface area contributed by atoms with Gasteiger partial charge in [0.25, 0.3) is 0 Å². The van der Waals surface area contributed by atoms with Gasteiger partial charge in [-0.2, -0.15) is 0 Å². The van der Waals surface area contributed by atoms with Crippen LogP contribution in [0.3, 0.4) is 0 Å². The Hall–Kier alpha value is 3.19. The molecule has 0 bridgehead atoms. The van der Waals surface area contributed by atoms with Crippen molar-refractivity contribution in [2.75, 3.05) is 0 Å². The summed E-state index contributed by atoms with van der Waals surface area (Å²) in [5.74, 6) is 0. The van der Waals surface area contributed by atoms with Gasteiger partial charge in [-0.1, -0.05) is 0 Å². The number of rotatable bonds is 1. The van der Waals surface area contributed by atoms with Crippen LogP contribution >= 0.6 is 16.5 Å². The van der Waals surface area contributed by atoms with Crippen LogP contribution in [0.5, 0.6) is 0 Å². The molecule has 0 aromatic heterocycles. The molecule has 0 amide bonds. The zero-order valence-corrected chi connectivity index (χ0v) is 16.5. The molecular formula is AgCl2Hg2. The molecule has 0 N–H and O–H groups in total. The summed E-state index contributed by atoms with van der Waals surface area (Å²) in [5, 5.41) is 0. The van der Waals surface area contributed by atoms with Crippen LogP contribution in [-0.4, -0.2) is 0 Å². The first kappa shape index (κ1) is 11.1. The first-order valence-corrected chi connectivity index (χ1v) is 52.6. The summed E-state index contributed by atoms with van der Waals surface area (Å²) in [4.78, 5) is 0. The van der Waals surface area contributed by atoms with Gasteiger partial charge in [0.05, 0.1) is 0 Å². The predicted octanol–water partition coefficient (Wildman–Crippen LogP) is 1.37. The molecule has 0 spiro atoms. The Kier molecular flexibility index (Phi) is 22.6. The number of hydrogen-bond acceptors (Lipinski definition) is 0. The Morgan fingerprint density at radius 3 is 1.20 bits per heavy atom. The fourth-order valence-electron chi connectivity index (χ4n) is 0. The molecule has 0 aliphatic carbocycles. The molecule has 29 valence electrons. The maximum absolute atomic E-state index is 5.38. The van der Waals surface area contributed by atoms with E-state index in [-0.39, 0.29) is 22.4 Å². The normalized spacial score (nSPS) is 2.80. The van der Waals surface area contributed by atoms with E-state index in [1.54, 1.807) is 0 Å². The van der Waals surface area contributed by atoms with E-state index in [1.165, 1.54) is 0 Å². The van der Waals surface area contributed by atoms with Crippen LogP contribution in [-0.2, 0) is 58.3 Å². The van der Waals surface area contributed by atoms with Crippen molar-refractivity contribution in [2.45, 2.75) is 0 Å². The van der Waals surface area contributed by atoms with E-state index >= 15 is 0 Å². The molecule has 0 unspecified atom stereocenters. The standard InChI is InChI=1S/Ag.2ClH.2Hg/h;2*1H;;/q;;;2*+1/p-2. The van der Waals surface area contributed by atoms with E-state index in [9.17, 15) is 0 Å². The van der Waals surface area contributed by atoms with E-state index in [4.69, 9.17) is 16.5 Å². The maximum atomic E-state index is 5.38. The van der Waals surface area contributed by atoms with E-state index in [2.05, 4.69) is 0 Å². The monoisotopic (exact) mass is 581 g/mol. The molecule has 0 saturated carbocycles. The molecule has 0 atom stereocenters. The summed E-state index contributed by atoms with van der Waals surface area (Å²) >= 11 is -1.31. The summed E-state index contributed by atoms with van der Waals surface area (Å²) < 4.78 is 0. The van der Waals surface area contributed by atoms with Crippen LogP contribution in [0.1, 0.15) is 0 Å². The molecule has 5 heteroatoms. The van der Waals surface area contributed by atoms with Crippen molar-refractivity contribution in [3.63, 3.8) is 0 Å². The summed E-state index contributed by atoms with van der Waals surface area (Å²) in [6, 6.07) is 0. The van der Waals surface area contributed by atoms with Gasteiger partial charge in [0.15, 0.2) is 0 Å². The summed E-state index contributed by atoms with van der Waals surface area (Å²) in [7, 11) is 10.8. The van der Waals surface area contributed by atoms with Gasteiger partial charge in [-0.05, 0) is 0 Å². The Morgan fingerprint density at radius 2 is 1.20 bits per heavy atom. The first-order valence-electron chi connectivity index (χ1n) is 1.03. The molecule has 0 rings (SSSR count). The fraction of sp³-hybridized carbons (Fsp3) is 0. The van der Waals surface area contributed by atoms with Crippen molar-refractivity contribution in [1.82, 2.24) is 0 Å². The molecule has 5 heavy (non-hydrogen) atoms. The van der Waals surface area contributed by atoms with Crippen LogP contribution in [0.15, 0.2) is 0 Å². The van der Waals surface area contributed by atoms with Gasteiger partial charge in [-0.3, -0.25) is 0 Å². The van der Waals surface area contributed by atoms with E-state index in [1.807, 2.05) is 0 Å². The Bertz CT molecular complexity index is 9.61. The third-order valence-electron chi connectivity index (χ3n) is 0.0714. The Labute approximate surface area is 72.9 Å². The molecule has 1 radical (unpaired) electrons. The fourth-order valence-corrected chi connectivity index (χ4v) is 0. The molecular weight excluding hydrogens is 580 g/mol. The van der Waals surface area contributed by atoms with Gasteiger partial charge in [-0.15, -0.1) is 0 Å². The minimum atomic E-state index is -0.653. The third-order valence-corrected chi connectivity index (χ3v) is 49.5. The second kappa shape index (κ2) is 10.2. The van der Waals surface area contributed by atoms with Gasteiger partial charge in [0.1, 0.15) is 0 Å². The van der Waals surface area contributed by atoms with Crippen molar-refractivity contribution < 1.29 is 58.3 Å². The zero-order chi connectivity index (χ0) is 3.41. The Morgan fingerprint density at radius 1 is 1.00 bits per heavy atom. The van der Waals surface area contributed by atoms with Crippen LogP contribution in [0, 0.1) is 0 Å². The third kappa shape index (κ3) is 11.0.